The number of carbonyl (C=O) groups excluding carboxylic acids is 1. The Morgan fingerprint density at radius 2 is 2.36 bits per heavy atom. The van der Waals surface area contributed by atoms with Gasteiger partial charge in [-0.1, -0.05) is 11.6 Å². The standard InChI is InChI=1S/C7H5ClFNO/c1-4(11)7-2-5(8)6(9)3-10-7/h2-3H,1H3. The van der Waals surface area contributed by atoms with Crippen LogP contribution in [0.5, 0.6) is 0 Å². The fraction of sp³-hybridized carbons (Fsp3) is 0.143. The van der Waals surface area contributed by atoms with E-state index in [0.29, 0.717) is 0 Å². The summed E-state index contributed by atoms with van der Waals surface area (Å²) in [6.07, 6.45) is 0.930. The van der Waals surface area contributed by atoms with Gasteiger partial charge in [0, 0.05) is 6.92 Å². The summed E-state index contributed by atoms with van der Waals surface area (Å²) in [5.74, 6) is -0.844. The Hall–Kier alpha value is -0.960. The minimum atomic E-state index is -0.614. The van der Waals surface area contributed by atoms with Crippen LogP contribution in [-0.2, 0) is 0 Å². The molecule has 0 N–H and O–H groups in total. The van der Waals surface area contributed by atoms with Crippen LogP contribution < -0.4 is 0 Å². The van der Waals surface area contributed by atoms with Gasteiger partial charge in [-0.05, 0) is 6.07 Å². The van der Waals surface area contributed by atoms with Gasteiger partial charge in [-0.25, -0.2) is 9.37 Å². The summed E-state index contributed by atoms with van der Waals surface area (Å²) >= 11 is 5.39. The Kier molecular flexibility index (Phi) is 2.19. The van der Waals surface area contributed by atoms with Gasteiger partial charge in [0.1, 0.15) is 5.69 Å². The first kappa shape index (κ1) is 8.14. The van der Waals surface area contributed by atoms with Crippen LogP contribution in [0.2, 0.25) is 5.02 Å². The van der Waals surface area contributed by atoms with E-state index in [2.05, 4.69) is 4.98 Å². The molecule has 0 radical (unpaired) electrons. The monoisotopic (exact) mass is 173 g/mol. The molecule has 1 aromatic rings. The minimum Gasteiger partial charge on any atom is -0.293 e. The van der Waals surface area contributed by atoms with E-state index >= 15 is 0 Å². The molecule has 1 aromatic heterocycles. The molecule has 0 saturated heterocycles. The average molecular weight is 174 g/mol. The van der Waals surface area contributed by atoms with Crippen LogP contribution >= 0.6 is 11.6 Å². The molecule has 0 aliphatic heterocycles. The highest BCUT2D eigenvalue weighted by Gasteiger charge is 2.04. The quantitative estimate of drug-likeness (QED) is 0.609. The highest BCUT2D eigenvalue weighted by molar-refractivity contribution is 6.31. The lowest BCUT2D eigenvalue weighted by Crippen LogP contribution is -1.96. The first-order valence-electron chi connectivity index (χ1n) is 2.93. The Morgan fingerprint density at radius 3 is 2.82 bits per heavy atom. The van der Waals surface area contributed by atoms with E-state index in [1.54, 1.807) is 0 Å². The van der Waals surface area contributed by atoms with Gasteiger partial charge in [0.05, 0.1) is 11.2 Å². The van der Waals surface area contributed by atoms with Crippen molar-refractivity contribution in [2.75, 3.05) is 0 Å². The zero-order valence-corrected chi connectivity index (χ0v) is 6.52. The molecule has 58 valence electrons. The topological polar surface area (TPSA) is 30.0 Å². The van der Waals surface area contributed by atoms with Gasteiger partial charge in [0.25, 0.3) is 0 Å². The van der Waals surface area contributed by atoms with E-state index in [-0.39, 0.29) is 16.5 Å². The predicted molar refractivity (Wildman–Crippen MR) is 39.2 cm³/mol. The van der Waals surface area contributed by atoms with E-state index in [1.807, 2.05) is 0 Å². The zero-order valence-electron chi connectivity index (χ0n) is 5.77. The molecule has 1 heterocycles. The maximum absolute atomic E-state index is 12.5. The molecule has 0 fully saturated rings. The largest absolute Gasteiger partial charge is 0.293 e. The zero-order chi connectivity index (χ0) is 8.43. The van der Waals surface area contributed by atoms with E-state index < -0.39 is 5.82 Å². The third-order valence-electron chi connectivity index (χ3n) is 1.17. The van der Waals surface area contributed by atoms with Crippen molar-refractivity contribution < 1.29 is 9.18 Å². The van der Waals surface area contributed by atoms with Gasteiger partial charge in [0.2, 0.25) is 0 Å². The van der Waals surface area contributed by atoms with Gasteiger partial charge in [0.15, 0.2) is 11.6 Å². The summed E-state index contributed by atoms with van der Waals surface area (Å²) in [4.78, 5) is 14.2. The molecule has 0 aromatic carbocycles. The number of Topliss-reactive ketones (excluding diaryl/α,β-unsaturated/α-hetero) is 1. The van der Waals surface area contributed by atoms with Crippen LogP contribution in [0.15, 0.2) is 12.3 Å². The Bertz CT molecular complexity index is 300. The number of hydrogen-bond donors (Lipinski definition) is 0. The smallest absolute Gasteiger partial charge is 0.178 e. The number of rotatable bonds is 1. The number of ketones is 1. The van der Waals surface area contributed by atoms with Gasteiger partial charge < -0.3 is 0 Å². The number of nitrogens with zero attached hydrogens (tertiary/aromatic N) is 1. The Balaban J connectivity index is 3.15. The number of carbonyl (C=O) groups is 1. The predicted octanol–water partition coefficient (Wildman–Crippen LogP) is 2.08. The third kappa shape index (κ3) is 1.74. The first-order valence-corrected chi connectivity index (χ1v) is 3.31. The van der Waals surface area contributed by atoms with E-state index in [1.165, 1.54) is 13.0 Å². The lowest BCUT2D eigenvalue weighted by atomic mass is 10.3. The molecule has 2 nitrogen and oxygen atoms in total. The molecule has 0 spiro atoms. The van der Waals surface area contributed by atoms with Crippen molar-refractivity contribution in [2.45, 2.75) is 6.92 Å². The van der Waals surface area contributed by atoms with E-state index in [4.69, 9.17) is 11.6 Å². The van der Waals surface area contributed by atoms with Crippen molar-refractivity contribution in [3.05, 3.63) is 28.8 Å². The number of halogens is 2. The second kappa shape index (κ2) is 2.96. The maximum Gasteiger partial charge on any atom is 0.178 e. The summed E-state index contributed by atoms with van der Waals surface area (Å²) in [5.41, 5.74) is 0.177. The lowest BCUT2D eigenvalue weighted by Gasteiger charge is -1.95. The average Bonchev–Trinajstić information content (AvgIpc) is 1.94. The van der Waals surface area contributed by atoms with Crippen LogP contribution in [0.25, 0.3) is 0 Å². The fourth-order valence-corrected chi connectivity index (χ4v) is 0.759. The van der Waals surface area contributed by atoms with Gasteiger partial charge in [-0.2, -0.15) is 0 Å². The van der Waals surface area contributed by atoms with Crippen molar-refractivity contribution in [1.29, 1.82) is 0 Å². The molecule has 1 rings (SSSR count). The van der Waals surface area contributed by atoms with Crippen LogP contribution in [0.3, 0.4) is 0 Å². The second-order valence-corrected chi connectivity index (χ2v) is 2.45. The normalized spacial score (nSPS) is 9.73. The van der Waals surface area contributed by atoms with Crippen molar-refractivity contribution in [1.82, 2.24) is 4.98 Å². The molecule has 0 atom stereocenters. The van der Waals surface area contributed by atoms with Crippen LogP contribution in [0.1, 0.15) is 17.4 Å². The van der Waals surface area contributed by atoms with Crippen LogP contribution in [-0.4, -0.2) is 10.8 Å². The summed E-state index contributed by atoms with van der Waals surface area (Å²) in [6, 6.07) is 1.21. The second-order valence-electron chi connectivity index (χ2n) is 2.04. The SMILES string of the molecule is CC(=O)c1cc(Cl)c(F)cn1. The highest BCUT2D eigenvalue weighted by Crippen LogP contribution is 2.13. The van der Waals surface area contributed by atoms with Crippen LogP contribution in [0.4, 0.5) is 4.39 Å². The molecule has 0 saturated carbocycles. The first-order chi connectivity index (χ1) is 5.11. The highest BCUT2D eigenvalue weighted by atomic mass is 35.5. The number of pyridine rings is 1. The molecular formula is C7H5ClFNO. The Labute approximate surface area is 68.0 Å². The number of aromatic nitrogens is 1. The van der Waals surface area contributed by atoms with E-state index in [0.717, 1.165) is 6.20 Å². The molecular weight excluding hydrogens is 169 g/mol. The van der Waals surface area contributed by atoms with Crippen molar-refractivity contribution in [3.8, 4) is 0 Å². The molecule has 0 bridgehead atoms. The molecule has 0 unspecified atom stereocenters. The van der Waals surface area contributed by atoms with Crippen molar-refractivity contribution >= 4 is 17.4 Å². The summed E-state index contributed by atoms with van der Waals surface area (Å²) in [6.45, 7) is 1.34. The van der Waals surface area contributed by atoms with E-state index in [9.17, 15) is 9.18 Å². The Morgan fingerprint density at radius 1 is 1.73 bits per heavy atom. The lowest BCUT2D eigenvalue weighted by molar-refractivity contribution is 0.101. The van der Waals surface area contributed by atoms with Gasteiger partial charge >= 0.3 is 0 Å². The van der Waals surface area contributed by atoms with Crippen molar-refractivity contribution in [3.63, 3.8) is 0 Å². The molecule has 11 heavy (non-hydrogen) atoms. The molecule has 4 heteroatoms. The molecule has 0 amide bonds. The summed E-state index contributed by atoms with van der Waals surface area (Å²) in [5, 5.41) is -0.0785. The fourth-order valence-electron chi connectivity index (χ4n) is 0.607. The summed E-state index contributed by atoms with van der Waals surface area (Å²) in [7, 11) is 0. The van der Waals surface area contributed by atoms with Gasteiger partial charge in [-0.15, -0.1) is 0 Å². The minimum absolute atomic E-state index is 0.0785. The summed E-state index contributed by atoms with van der Waals surface area (Å²) < 4.78 is 12.5. The van der Waals surface area contributed by atoms with Gasteiger partial charge in [-0.3, -0.25) is 4.79 Å². The number of hydrogen-bond acceptors (Lipinski definition) is 2. The van der Waals surface area contributed by atoms with Crippen molar-refractivity contribution in [2.24, 2.45) is 0 Å². The molecule has 0 aliphatic rings. The maximum atomic E-state index is 12.5. The van der Waals surface area contributed by atoms with Crippen LogP contribution in [0, 0.1) is 5.82 Å². The third-order valence-corrected chi connectivity index (χ3v) is 1.46. The molecule has 0 aliphatic carbocycles.